The number of hydrogen-bond acceptors (Lipinski definition) is 5. The van der Waals surface area contributed by atoms with E-state index in [4.69, 9.17) is 4.74 Å². The third-order valence-corrected chi connectivity index (χ3v) is 6.73. The van der Waals surface area contributed by atoms with Gasteiger partial charge in [-0.25, -0.2) is 0 Å². The third kappa shape index (κ3) is 3.66. The maximum absolute atomic E-state index is 13.4. The lowest BCUT2D eigenvalue weighted by Crippen LogP contribution is -2.35. The minimum atomic E-state index is -0.677. The third-order valence-electron chi connectivity index (χ3n) is 6.73. The highest BCUT2D eigenvalue weighted by Gasteiger charge is 2.47. The van der Waals surface area contributed by atoms with Gasteiger partial charge in [0.15, 0.2) is 0 Å². The van der Waals surface area contributed by atoms with Crippen molar-refractivity contribution < 1.29 is 19.4 Å². The largest absolute Gasteiger partial charge is 0.507 e. The van der Waals surface area contributed by atoms with Gasteiger partial charge in [-0.15, -0.1) is 0 Å². The maximum atomic E-state index is 13.4. The molecule has 0 aliphatic carbocycles. The van der Waals surface area contributed by atoms with Crippen LogP contribution in [-0.2, 0) is 16.0 Å². The molecule has 1 fully saturated rings. The first-order chi connectivity index (χ1) is 16.4. The number of carbonyl (C=O) groups is 2. The molecule has 1 saturated heterocycles. The van der Waals surface area contributed by atoms with Gasteiger partial charge in [-0.1, -0.05) is 18.2 Å². The zero-order chi connectivity index (χ0) is 24.0. The van der Waals surface area contributed by atoms with Crippen LogP contribution < -0.4 is 4.74 Å². The van der Waals surface area contributed by atoms with Crippen LogP contribution in [0.3, 0.4) is 0 Å². The molecule has 1 unspecified atom stereocenters. The van der Waals surface area contributed by atoms with E-state index < -0.39 is 17.7 Å². The van der Waals surface area contributed by atoms with Gasteiger partial charge in [0, 0.05) is 40.8 Å². The average molecular weight is 460 g/mol. The Balaban J connectivity index is 1.70. The van der Waals surface area contributed by atoms with Gasteiger partial charge in [-0.2, -0.15) is 0 Å². The number of aliphatic hydroxyl groups is 1. The number of Topliss-reactive ketones (excluding diaryl/α,β-unsaturated/α-hetero) is 1. The first-order valence-electron chi connectivity index (χ1n) is 11.6. The average Bonchev–Trinajstić information content (AvgIpc) is 3.29. The lowest BCUT2D eigenvalue weighted by molar-refractivity contribution is -0.140. The Labute approximate surface area is 198 Å². The van der Waals surface area contributed by atoms with Crippen molar-refractivity contribution in [2.45, 2.75) is 25.8 Å². The minimum absolute atomic E-state index is 0.133. The number of aryl methyl sites for hydroxylation is 2. The van der Waals surface area contributed by atoms with Crippen LogP contribution in [0.15, 0.2) is 48.0 Å². The fourth-order valence-corrected chi connectivity index (χ4v) is 5.03. The van der Waals surface area contributed by atoms with Crippen LogP contribution in [0.5, 0.6) is 5.75 Å². The van der Waals surface area contributed by atoms with Crippen molar-refractivity contribution >= 4 is 28.4 Å². The summed E-state index contributed by atoms with van der Waals surface area (Å²) < 4.78 is 5.70. The summed E-state index contributed by atoms with van der Waals surface area (Å²) in [7, 11) is 3.86. The topological polar surface area (TPSA) is 85.9 Å². The minimum Gasteiger partial charge on any atom is -0.507 e. The molecule has 1 amide bonds. The number of H-pyrrole nitrogens is 1. The summed E-state index contributed by atoms with van der Waals surface area (Å²) >= 11 is 0. The van der Waals surface area contributed by atoms with E-state index in [1.54, 1.807) is 11.0 Å². The Hall–Kier alpha value is -3.58. The van der Waals surface area contributed by atoms with E-state index in [-0.39, 0.29) is 11.3 Å². The fraction of sp³-hybridized carbons (Fsp3) is 0.333. The molecule has 2 N–H and O–H groups in total. The molecule has 0 saturated carbocycles. The second-order valence-electron chi connectivity index (χ2n) is 9.28. The number of carbonyl (C=O) groups excluding carboxylic acids is 2. The molecule has 2 aliphatic heterocycles. The number of ketones is 1. The summed E-state index contributed by atoms with van der Waals surface area (Å²) in [6.07, 6.45) is 1.75. The number of likely N-dealkylation sites (N-methyl/N-ethyl adjacent to an activating group) is 1. The molecule has 3 heterocycles. The molecule has 34 heavy (non-hydrogen) atoms. The summed E-state index contributed by atoms with van der Waals surface area (Å²) in [5.41, 5.74) is 4.30. The monoisotopic (exact) mass is 459 g/mol. The van der Waals surface area contributed by atoms with Gasteiger partial charge in [0.2, 0.25) is 0 Å². The molecular formula is C27H29N3O4. The lowest BCUT2D eigenvalue weighted by Gasteiger charge is -2.27. The van der Waals surface area contributed by atoms with Crippen LogP contribution in [0, 0.1) is 6.92 Å². The number of fused-ring (bicyclic) bond motifs is 2. The Bertz CT molecular complexity index is 1320. The molecule has 7 heteroatoms. The van der Waals surface area contributed by atoms with Crippen LogP contribution in [0.1, 0.15) is 34.8 Å². The molecule has 7 nitrogen and oxygen atoms in total. The number of amides is 1. The van der Waals surface area contributed by atoms with Crippen LogP contribution in [0.2, 0.25) is 0 Å². The van der Waals surface area contributed by atoms with Crippen LogP contribution >= 0.6 is 0 Å². The van der Waals surface area contributed by atoms with Gasteiger partial charge >= 0.3 is 0 Å². The predicted molar refractivity (Wildman–Crippen MR) is 131 cm³/mol. The molecule has 5 rings (SSSR count). The summed E-state index contributed by atoms with van der Waals surface area (Å²) in [6, 6.07) is 12.6. The van der Waals surface area contributed by atoms with Gasteiger partial charge in [0.05, 0.1) is 18.2 Å². The normalized spacial score (nSPS) is 19.6. The summed E-state index contributed by atoms with van der Waals surface area (Å²) in [5.74, 6) is -0.578. The number of aromatic nitrogens is 1. The van der Waals surface area contributed by atoms with Crippen LogP contribution in [0.4, 0.5) is 0 Å². The number of hydrogen-bond donors (Lipinski definition) is 2. The molecule has 1 atom stereocenters. The first kappa shape index (κ1) is 22.2. The number of aliphatic hydroxyl groups excluding tert-OH is 1. The van der Waals surface area contributed by atoms with E-state index >= 15 is 0 Å². The Kier molecular flexibility index (Phi) is 5.65. The van der Waals surface area contributed by atoms with E-state index in [0.29, 0.717) is 25.3 Å². The van der Waals surface area contributed by atoms with Crippen LogP contribution in [0.25, 0.3) is 16.7 Å². The number of aromatic amines is 1. The summed E-state index contributed by atoms with van der Waals surface area (Å²) in [5, 5.41) is 12.4. The van der Waals surface area contributed by atoms with Crippen molar-refractivity contribution in [2.24, 2.45) is 0 Å². The van der Waals surface area contributed by atoms with Gasteiger partial charge in [-0.3, -0.25) is 9.59 Å². The zero-order valence-electron chi connectivity index (χ0n) is 19.7. The van der Waals surface area contributed by atoms with Gasteiger partial charge in [0.25, 0.3) is 11.7 Å². The molecule has 1 aromatic heterocycles. The van der Waals surface area contributed by atoms with Crippen molar-refractivity contribution in [3.63, 3.8) is 0 Å². The van der Waals surface area contributed by atoms with E-state index in [0.717, 1.165) is 46.3 Å². The molecule has 2 aromatic carbocycles. The number of para-hydroxylation sites is 1. The number of likely N-dealkylation sites (tertiary alicyclic amines) is 1. The highest BCUT2D eigenvalue weighted by Crippen LogP contribution is 2.43. The van der Waals surface area contributed by atoms with E-state index in [9.17, 15) is 14.7 Å². The highest BCUT2D eigenvalue weighted by molar-refractivity contribution is 6.46. The van der Waals surface area contributed by atoms with Gasteiger partial charge in [-0.05, 0) is 63.7 Å². The lowest BCUT2D eigenvalue weighted by atomic mass is 9.92. The molecule has 3 aromatic rings. The quantitative estimate of drug-likeness (QED) is 0.345. The smallest absolute Gasteiger partial charge is 0.295 e. The number of ether oxygens (including phenoxy) is 1. The maximum Gasteiger partial charge on any atom is 0.295 e. The highest BCUT2D eigenvalue weighted by atomic mass is 16.5. The number of rotatable bonds is 5. The number of nitrogens with one attached hydrogen (secondary N) is 1. The molecule has 0 radical (unpaired) electrons. The van der Waals surface area contributed by atoms with Crippen molar-refractivity contribution in [1.29, 1.82) is 0 Å². The Morgan fingerprint density at radius 1 is 1.21 bits per heavy atom. The second-order valence-corrected chi connectivity index (χ2v) is 9.28. The molecule has 2 aliphatic rings. The number of nitrogens with zero attached hydrogens (tertiary/aromatic N) is 2. The van der Waals surface area contributed by atoms with Crippen LogP contribution in [-0.4, -0.2) is 65.4 Å². The second kappa shape index (κ2) is 8.65. The Morgan fingerprint density at radius 2 is 2.00 bits per heavy atom. The molecule has 0 spiro atoms. The summed E-state index contributed by atoms with van der Waals surface area (Å²) in [6.45, 7) is 3.59. The van der Waals surface area contributed by atoms with Crippen molar-refractivity contribution in [2.75, 3.05) is 33.8 Å². The SMILES string of the molecule is Cc1[nH]c2ccccc2c1C1/C(=C(\O)c2ccc3c(c2)CCCO3)C(=O)C(=O)N1CCN(C)C. The fourth-order valence-electron chi connectivity index (χ4n) is 5.03. The standard InChI is InChI=1S/C27H29N3O4/c1-16-22(19-8-4-5-9-20(19)28-16)24-23(26(32)27(33)30(24)13-12-29(2)3)25(31)18-10-11-21-17(15-18)7-6-14-34-21/h4-5,8-11,15,24,28,31H,6-7,12-14H2,1-3H3/b25-23+. The molecular weight excluding hydrogens is 430 g/mol. The Morgan fingerprint density at radius 3 is 2.79 bits per heavy atom. The van der Waals surface area contributed by atoms with Gasteiger partial charge < -0.3 is 24.6 Å². The van der Waals surface area contributed by atoms with Crippen molar-refractivity contribution in [1.82, 2.24) is 14.8 Å². The number of benzene rings is 2. The van der Waals surface area contributed by atoms with Crippen molar-refractivity contribution in [3.8, 4) is 5.75 Å². The first-order valence-corrected chi connectivity index (χ1v) is 11.6. The molecule has 0 bridgehead atoms. The predicted octanol–water partition coefficient (Wildman–Crippen LogP) is 3.78. The molecule has 176 valence electrons. The van der Waals surface area contributed by atoms with E-state index in [2.05, 4.69) is 4.98 Å². The summed E-state index contributed by atoms with van der Waals surface area (Å²) in [4.78, 5) is 33.5. The van der Waals surface area contributed by atoms with Crippen molar-refractivity contribution in [3.05, 3.63) is 70.4 Å². The zero-order valence-corrected chi connectivity index (χ0v) is 19.7. The van der Waals surface area contributed by atoms with Gasteiger partial charge in [0.1, 0.15) is 11.5 Å². The van der Waals surface area contributed by atoms with E-state index in [1.807, 2.05) is 62.3 Å². The van der Waals surface area contributed by atoms with E-state index in [1.165, 1.54) is 0 Å².